The Bertz CT molecular complexity index is 756. The average molecular weight is 434 g/mol. The second-order valence-electron chi connectivity index (χ2n) is 4.51. The highest BCUT2D eigenvalue weighted by atomic mass is 79.9. The van der Waals surface area contributed by atoms with Crippen LogP contribution in [0.25, 0.3) is 0 Å². The van der Waals surface area contributed by atoms with Gasteiger partial charge in [0, 0.05) is 15.5 Å². The van der Waals surface area contributed by atoms with Crippen molar-refractivity contribution in [2.24, 2.45) is 5.73 Å². The molecule has 0 unspecified atom stereocenters. The second kappa shape index (κ2) is 6.48. The Morgan fingerprint density at radius 3 is 2.33 bits per heavy atom. The number of nitrogens with two attached hydrogens (primary N) is 1. The normalized spacial score (nSPS) is 11.4. The number of aryl methyl sites for hydroxylation is 1. The van der Waals surface area contributed by atoms with Crippen molar-refractivity contribution in [2.75, 3.05) is 4.72 Å². The van der Waals surface area contributed by atoms with E-state index in [1.807, 2.05) is 12.1 Å². The molecule has 0 amide bonds. The lowest BCUT2D eigenvalue weighted by atomic mass is 10.1. The molecule has 0 heterocycles. The van der Waals surface area contributed by atoms with Crippen LogP contribution in [0.1, 0.15) is 11.1 Å². The van der Waals surface area contributed by atoms with Gasteiger partial charge in [0.05, 0.1) is 10.6 Å². The first-order chi connectivity index (χ1) is 9.85. The van der Waals surface area contributed by atoms with Crippen LogP contribution in [0.15, 0.2) is 50.2 Å². The van der Waals surface area contributed by atoms with Crippen LogP contribution in [0.5, 0.6) is 0 Å². The topological polar surface area (TPSA) is 72.2 Å². The quantitative estimate of drug-likeness (QED) is 0.770. The Hall–Kier alpha value is -0.890. The van der Waals surface area contributed by atoms with Gasteiger partial charge in [0.2, 0.25) is 0 Å². The fraction of sp³-hybridized carbons (Fsp3) is 0.143. The molecule has 112 valence electrons. The van der Waals surface area contributed by atoms with Gasteiger partial charge in [0.1, 0.15) is 0 Å². The molecule has 0 atom stereocenters. The van der Waals surface area contributed by atoms with Crippen LogP contribution in [0.4, 0.5) is 5.69 Å². The third-order valence-electron chi connectivity index (χ3n) is 2.98. The summed E-state index contributed by atoms with van der Waals surface area (Å²) in [5.74, 6) is 0. The van der Waals surface area contributed by atoms with Crippen LogP contribution in [0, 0.1) is 6.92 Å². The summed E-state index contributed by atoms with van der Waals surface area (Å²) in [7, 11) is -3.69. The van der Waals surface area contributed by atoms with E-state index in [4.69, 9.17) is 5.73 Å². The van der Waals surface area contributed by atoms with Gasteiger partial charge in [-0.2, -0.15) is 0 Å². The zero-order valence-electron chi connectivity index (χ0n) is 11.2. The van der Waals surface area contributed by atoms with E-state index in [0.717, 1.165) is 5.56 Å². The molecule has 21 heavy (non-hydrogen) atoms. The maximum absolute atomic E-state index is 12.6. The Morgan fingerprint density at radius 1 is 1.14 bits per heavy atom. The van der Waals surface area contributed by atoms with Gasteiger partial charge in [-0.05, 0) is 68.1 Å². The summed E-state index contributed by atoms with van der Waals surface area (Å²) in [6, 6.07) is 10.5. The highest BCUT2D eigenvalue weighted by Crippen LogP contribution is 2.33. The molecule has 0 aromatic heterocycles. The molecule has 0 aliphatic rings. The first-order valence-corrected chi connectivity index (χ1v) is 9.18. The number of anilines is 1. The molecule has 3 N–H and O–H groups in total. The highest BCUT2D eigenvalue weighted by molar-refractivity contribution is 9.11. The number of benzene rings is 2. The van der Waals surface area contributed by atoms with E-state index in [1.165, 1.54) is 0 Å². The molecule has 2 aromatic carbocycles. The summed E-state index contributed by atoms with van der Waals surface area (Å²) in [5.41, 5.74) is 7.49. The molecule has 4 nitrogen and oxygen atoms in total. The molecule has 2 aromatic rings. The van der Waals surface area contributed by atoms with Crippen molar-refractivity contribution in [3.05, 3.63) is 56.5 Å². The third kappa shape index (κ3) is 3.66. The second-order valence-corrected chi connectivity index (χ2v) is 7.87. The Labute approximate surface area is 141 Å². The summed E-state index contributed by atoms with van der Waals surface area (Å²) in [5, 5.41) is 0. The molecule has 0 bridgehead atoms. The lowest BCUT2D eigenvalue weighted by Gasteiger charge is -2.14. The van der Waals surface area contributed by atoms with Crippen molar-refractivity contribution >= 4 is 47.6 Å². The number of halogens is 2. The summed E-state index contributed by atoms with van der Waals surface area (Å²) >= 11 is 6.68. The Kier molecular flexibility index (Phi) is 5.08. The minimum atomic E-state index is -3.69. The van der Waals surface area contributed by atoms with Crippen LogP contribution in [-0.2, 0) is 16.6 Å². The van der Waals surface area contributed by atoms with Gasteiger partial charge in [-0.25, -0.2) is 8.42 Å². The van der Waals surface area contributed by atoms with Gasteiger partial charge in [0.25, 0.3) is 10.0 Å². The minimum absolute atomic E-state index is 0.230. The fourth-order valence-electron chi connectivity index (χ4n) is 1.85. The van der Waals surface area contributed by atoms with E-state index in [-0.39, 0.29) is 4.90 Å². The largest absolute Gasteiger partial charge is 0.326 e. The zero-order chi connectivity index (χ0) is 15.6. The number of sulfonamides is 1. The zero-order valence-corrected chi connectivity index (χ0v) is 15.2. The first kappa shape index (κ1) is 16.5. The summed E-state index contributed by atoms with van der Waals surface area (Å²) < 4.78 is 29.1. The van der Waals surface area contributed by atoms with Crippen molar-refractivity contribution in [3.8, 4) is 0 Å². The molecule has 2 rings (SSSR count). The van der Waals surface area contributed by atoms with Gasteiger partial charge in [-0.3, -0.25) is 4.72 Å². The molecule has 0 spiro atoms. The predicted octanol–water partition coefficient (Wildman–Crippen LogP) is 3.78. The van der Waals surface area contributed by atoms with Crippen molar-refractivity contribution in [2.45, 2.75) is 18.4 Å². The molecule has 0 fully saturated rings. The smallest absolute Gasteiger partial charge is 0.262 e. The number of para-hydroxylation sites is 1. The molecule has 0 aliphatic heterocycles. The van der Waals surface area contributed by atoms with E-state index in [1.54, 1.807) is 31.2 Å². The standard InChI is InChI=1S/C14H14Br2N2O2S/c1-9-5-6-10(8-17)7-13(9)21(19,20)18-14-11(15)3-2-4-12(14)16/h2-7,18H,8,17H2,1H3. The van der Waals surface area contributed by atoms with E-state index in [2.05, 4.69) is 36.6 Å². The summed E-state index contributed by atoms with van der Waals surface area (Å²) in [6.07, 6.45) is 0. The minimum Gasteiger partial charge on any atom is -0.326 e. The van der Waals surface area contributed by atoms with Gasteiger partial charge < -0.3 is 5.73 Å². The fourth-order valence-corrected chi connectivity index (χ4v) is 4.70. The maximum atomic E-state index is 12.6. The molecule has 0 radical (unpaired) electrons. The Morgan fingerprint density at radius 2 is 1.76 bits per heavy atom. The van der Waals surface area contributed by atoms with Crippen molar-refractivity contribution < 1.29 is 8.42 Å². The lowest BCUT2D eigenvalue weighted by molar-refractivity contribution is 0.600. The summed E-state index contributed by atoms with van der Waals surface area (Å²) in [4.78, 5) is 0.230. The van der Waals surface area contributed by atoms with Crippen LogP contribution >= 0.6 is 31.9 Å². The van der Waals surface area contributed by atoms with E-state index in [0.29, 0.717) is 26.7 Å². The van der Waals surface area contributed by atoms with Gasteiger partial charge in [-0.1, -0.05) is 18.2 Å². The SMILES string of the molecule is Cc1ccc(CN)cc1S(=O)(=O)Nc1c(Br)cccc1Br. The number of nitrogens with one attached hydrogen (secondary N) is 1. The van der Waals surface area contributed by atoms with E-state index < -0.39 is 10.0 Å². The highest BCUT2D eigenvalue weighted by Gasteiger charge is 2.19. The maximum Gasteiger partial charge on any atom is 0.262 e. The van der Waals surface area contributed by atoms with Crippen molar-refractivity contribution in [3.63, 3.8) is 0 Å². The van der Waals surface area contributed by atoms with Gasteiger partial charge in [-0.15, -0.1) is 0 Å². The van der Waals surface area contributed by atoms with Crippen molar-refractivity contribution in [1.29, 1.82) is 0 Å². The molecule has 7 heteroatoms. The lowest BCUT2D eigenvalue weighted by Crippen LogP contribution is -2.15. The van der Waals surface area contributed by atoms with Gasteiger partial charge >= 0.3 is 0 Å². The monoisotopic (exact) mass is 432 g/mol. The molecular formula is C14H14Br2N2O2S. The average Bonchev–Trinajstić information content (AvgIpc) is 2.43. The van der Waals surface area contributed by atoms with Gasteiger partial charge in [0.15, 0.2) is 0 Å². The number of hydrogen-bond donors (Lipinski definition) is 2. The molecule has 0 saturated heterocycles. The van der Waals surface area contributed by atoms with Crippen LogP contribution in [-0.4, -0.2) is 8.42 Å². The molecule has 0 aliphatic carbocycles. The summed E-state index contributed by atoms with van der Waals surface area (Å²) in [6.45, 7) is 2.05. The third-order valence-corrected chi connectivity index (χ3v) is 5.79. The van der Waals surface area contributed by atoms with E-state index >= 15 is 0 Å². The van der Waals surface area contributed by atoms with Crippen LogP contribution in [0.3, 0.4) is 0 Å². The van der Waals surface area contributed by atoms with E-state index in [9.17, 15) is 8.42 Å². The Balaban J connectivity index is 2.48. The number of hydrogen-bond acceptors (Lipinski definition) is 3. The van der Waals surface area contributed by atoms with Crippen LogP contribution < -0.4 is 10.5 Å². The molecule has 0 saturated carbocycles. The predicted molar refractivity (Wildman–Crippen MR) is 91.7 cm³/mol. The molecular weight excluding hydrogens is 420 g/mol. The van der Waals surface area contributed by atoms with Crippen LogP contribution in [0.2, 0.25) is 0 Å². The number of rotatable bonds is 4. The first-order valence-electron chi connectivity index (χ1n) is 6.11. The van der Waals surface area contributed by atoms with Crippen molar-refractivity contribution in [1.82, 2.24) is 0 Å².